The molecule has 1 heterocycles. The average molecular weight is 453 g/mol. The van der Waals surface area contributed by atoms with Gasteiger partial charge in [0.1, 0.15) is 11.8 Å². The zero-order valence-electron chi connectivity index (χ0n) is 20.0. The molecule has 0 spiro atoms. The van der Waals surface area contributed by atoms with Gasteiger partial charge in [0.05, 0.1) is 11.5 Å². The zero-order valence-corrected chi connectivity index (χ0v) is 20.0. The van der Waals surface area contributed by atoms with Crippen LogP contribution in [0.2, 0.25) is 0 Å². The van der Waals surface area contributed by atoms with Gasteiger partial charge < -0.3 is 20.1 Å². The van der Waals surface area contributed by atoms with Crippen LogP contribution in [0, 0.1) is 0 Å². The van der Waals surface area contributed by atoms with Crippen LogP contribution in [0.3, 0.4) is 0 Å². The average Bonchev–Trinajstić information content (AvgIpc) is 3.20. The molecule has 1 aliphatic carbocycles. The number of carbonyl (C=O) groups excluding carboxylic acids is 2. The lowest BCUT2D eigenvalue weighted by molar-refractivity contribution is -0.142. The summed E-state index contributed by atoms with van der Waals surface area (Å²) in [5, 5.41) is 16.8. The Morgan fingerprint density at radius 1 is 1.06 bits per heavy atom. The first kappa shape index (κ1) is 23.6. The van der Waals surface area contributed by atoms with Gasteiger partial charge in [0.25, 0.3) is 0 Å². The van der Waals surface area contributed by atoms with Crippen LogP contribution >= 0.6 is 0 Å². The lowest BCUT2D eigenvalue weighted by Crippen LogP contribution is -2.53. The molecular weight excluding hydrogens is 416 g/mol. The van der Waals surface area contributed by atoms with Crippen LogP contribution in [0.15, 0.2) is 42.5 Å². The number of hydrogen-bond donors (Lipinski definition) is 2. The molecular formula is C27H36N2O4. The number of nitrogens with one attached hydrogen (secondary N) is 1. The van der Waals surface area contributed by atoms with E-state index < -0.39 is 29.4 Å². The van der Waals surface area contributed by atoms with Crippen molar-refractivity contribution < 1.29 is 19.4 Å². The number of nitrogens with zero attached hydrogens (tertiary/aromatic N) is 1. The molecule has 2 amide bonds. The second kappa shape index (κ2) is 9.34. The predicted molar refractivity (Wildman–Crippen MR) is 129 cm³/mol. The zero-order chi connectivity index (χ0) is 23.6. The van der Waals surface area contributed by atoms with E-state index in [-0.39, 0.29) is 5.91 Å². The minimum atomic E-state index is -1.09. The Hall–Kier alpha value is -2.60. The molecule has 1 aliphatic heterocycles. The maximum absolute atomic E-state index is 14.0. The smallest absolute Gasteiger partial charge is 0.409 e. The van der Waals surface area contributed by atoms with Gasteiger partial charge in [-0.25, -0.2) is 4.79 Å². The highest BCUT2D eigenvalue weighted by Crippen LogP contribution is 2.42. The number of benzene rings is 2. The molecule has 1 saturated carbocycles. The molecule has 33 heavy (non-hydrogen) atoms. The van der Waals surface area contributed by atoms with Crippen LogP contribution in [-0.4, -0.2) is 45.9 Å². The van der Waals surface area contributed by atoms with Crippen LogP contribution < -0.4 is 5.32 Å². The lowest BCUT2D eigenvalue weighted by Gasteiger charge is -2.41. The molecule has 0 radical (unpaired) electrons. The summed E-state index contributed by atoms with van der Waals surface area (Å²) in [4.78, 5) is 28.2. The summed E-state index contributed by atoms with van der Waals surface area (Å²) in [5.74, 6) is -0.781. The van der Waals surface area contributed by atoms with Gasteiger partial charge in [-0.2, -0.15) is 0 Å². The number of aliphatic hydroxyl groups is 1. The number of fused-ring (bicyclic) bond motifs is 1. The van der Waals surface area contributed by atoms with Gasteiger partial charge in [-0.1, -0.05) is 61.7 Å². The van der Waals surface area contributed by atoms with Crippen LogP contribution in [-0.2, 0) is 9.53 Å². The molecule has 2 aliphatic rings. The van der Waals surface area contributed by atoms with Gasteiger partial charge >= 0.3 is 6.09 Å². The highest BCUT2D eigenvalue weighted by atomic mass is 16.6. The number of hydrogen-bond acceptors (Lipinski definition) is 4. The molecule has 0 aromatic heterocycles. The first-order valence-corrected chi connectivity index (χ1v) is 12.2. The summed E-state index contributed by atoms with van der Waals surface area (Å²) in [6.07, 6.45) is 4.63. The Labute approximate surface area is 196 Å². The maximum Gasteiger partial charge on any atom is 0.409 e. The highest BCUT2D eigenvalue weighted by molar-refractivity contribution is 5.89. The first-order chi connectivity index (χ1) is 15.7. The third kappa shape index (κ3) is 5.32. The summed E-state index contributed by atoms with van der Waals surface area (Å²) in [5.41, 5.74) is -0.856. The van der Waals surface area contributed by atoms with Crippen molar-refractivity contribution in [3.63, 3.8) is 0 Å². The first-order valence-electron chi connectivity index (χ1n) is 12.2. The molecule has 2 fully saturated rings. The van der Waals surface area contributed by atoms with Crippen molar-refractivity contribution >= 4 is 22.8 Å². The van der Waals surface area contributed by atoms with Crippen LogP contribution in [0.1, 0.15) is 77.2 Å². The number of alkyl carbamates (subject to hydrolysis) is 1. The second-order valence-electron chi connectivity index (χ2n) is 10.5. The minimum absolute atomic E-state index is 0.117. The van der Waals surface area contributed by atoms with E-state index in [1.54, 1.807) is 4.90 Å². The molecule has 4 rings (SSSR count). The van der Waals surface area contributed by atoms with Crippen molar-refractivity contribution in [2.75, 3.05) is 6.54 Å². The topological polar surface area (TPSA) is 78.9 Å². The van der Waals surface area contributed by atoms with E-state index in [0.717, 1.165) is 42.0 Å². The summed E-state index contributed by atoms with van der Waals surface area (Å²) in [6.45, 7) is 6.01. The van der Waals surface area contributed by atoms with Crippen molar-refractivity contribution in [3.8, 4) is 0 Å². The monoisotopic (exact) mass is 452 g/mol. The van der Waals surface area contributed by atoms with Crippen molar-refractivity contribution in [1.29, 1.82) is 0 Å². The maximum atomic E-state index is 14.0. The van der Waals surface area contributed by atoms with E-state index in [2.05, 4.69) is 5.32 Å². The second-order valence-corrected chi connectivity index (χ2v) is 10.5. The van der Waals surface area contributed by atoms with E-state index in [0.29, 0.717) is 25.8 Å². The molecule has 1 saturated heterocycles. The molecule has 0 bridgehead atoms. The summed E-state index contributed by atoms with van der Waals surface area (Å²) >= 11 is 0. The normalized spacial score (nSPS) is 21.6. The number of rotatable bonds is 4. The molecule has 2 atom stereocenters. The van der Waals surface area contributed by atoms with Crippen molar-refractivity contribution in [2.24, 2.45) is 0 Å². The van der Waals surface area contributed by atoms with Crippen molar-refractivity contribution in [2.45, 2.75) is 89.0 Å². The molecule has 2 aromatic carbocycles. The molecule has 6 nitrogen and oxygen atoms in total. The Bertz CT molecular complexity index is 1010. The molecule has 2 N–H and O–H groups in total. The standard InChI is InChI=1S/C27H36N2O4/c1-26(2,3)33-25(31)28-22-12-9-17-29(22)24(30)23(27(32)15-7-4-8-16-27)21-14-13-19-10-5-6-11-20(19)18-21/h5-6,10-11,13-14,18,22-23,32H,4,7-9,12,15-17H2,1-3H3,(H,28,31). The minimum Gasteiger partial charge on any atom is -0.444 e. The summed E-state index contributed by atoms with van der Waals surface area (Å²) < 4.78 is 5.42. The number of carbonyl (C=O) groups is 2. The van der Waals surface area contributed by atoms with E-state index in [4.69, 9.17) is 4.74 Å². The third-order valence-corrected chi connectivity index (χ3v) is 6.83. The lowest BCUT2D eigenvalue weighted by atomic mass is 9.72. The molecule has 2 unspecified atom stereocenters. The van der Waals surface area contributed by atoms with Gasteiger partial charge in [-0.05, 0) is 62.8 Å². The number of ether oxygens (including phenoxy) is 1. The van der Waals surface area contributed by atoms with Gasteiger partial charge in [0, 0.05) is 6.54 Å². The Morgan fingerprint density at radius 3 is 2.45 bits per heavy atom. The quantitative estimate of drug-likeness (QED) is 0.677. The van der Waals surface area contributed by atoms with Crippen molar-refractivity contribution in [1.82, 2.24) is 10.2 Å². The molecule has 2 aromatic rings. The summed E-state index contributed by atoms with van der Waals surface area (Å²) in [7, 11) is 0. The van der Waals surface area contributed by atoms with E-state index in [1.165, 1.54) is 0 Å². The van der Waals surface area contributed by atoms with Crippen LogP contribution in [0.4, 0.5) is 4.79 Å². The fourth-order valence-electron chi connectivity index (χ4n) is 5.31. The fourth-order valence-corrected chi connectivity index (χ4v) is 5.31. The van der Waals surface area contributed by atoms with Gasteiger partial charge in [0.2, 0.25) is 5.91 Å². The fraction of sp³-hybridized carbons (Fsp3) is 0.556. The Morgan fingerprint density at radius 2 is 1.76 bits per heavy atom. The van der Waals surface area contributed by atoms with E-state index in [9.17, 15) is 14.7 Å². The highest BCUT2D eigenvalue weighted by Gasteiger charge is 2.46. The van der Waals surface area contributed by atoms with Crippen molar-refractivity contribution in [3.05, 3.63) is 48.0 Å². The number of amides is 2. The van der Waals surface area contributed by atoms with Crippen LogP contribution in [0.25, 0.3) is 10.8 Å². The van der Waals surface area contributed by atoms with Crippen LogP contribution in [0.5, 0.6) is 0 Å². The van der Waals surface area contributed by atoms with E-state index in [1.807, 2.05) is 63.2 Å². The van der Waals surface area contributed by atoms with Gasteiger partial charge in [-0.15, -0.1) is 0 Å². The van der Waals surface area contributed by atoms with E-state index >= 15 is 0 Å². The van der Waals surface area contributed by atoms with Gasteiger partial charge in [-0.3, -0.25) is 4.79 Å². The molecule has 178 valence electrons. The third-order valence-electron chi connectivity index (χ3n) is 6.83. The SMILES string of the molecule is CC(C)(C)OC(=O)NC1CCCN1C(=O)C(c1ccc2ccccc2c1)C1(O)CCCCC1. The predicted octanol–water partition coefficient (Wildman–Crippen LogP) is 5.09. The summed E-state index contributed by atoms with van der Waals surface area (Å²) in [6, 6.07) is 14.1. The molecule has 6 heteroatoms. The van der Waals surface area contributed by atoms with Gasteiger partial charge in [0.15, 0.2) is 0 Å². The largest absolute Gasteiger partial charge is 0.444 e. The Balaban J connectivity index is 1.64. The number of likely N-dealkylation sites (tertiary alicyclic amines) is 1. The Kier molecular flexibility index (Phi) is 6.66.